The molecule has 1 saturated carbocycles. The number of likely N-dealkylation sites (tertiary alicyclic amines) is 1. The molecule has 2 rings (SSSR count). The second-order valence-corrected chi connectivity index (χ2v) is 5.63. The van der Waals surface area contributed by atoms with Crippen molar-refractivity contribution in [1.82, 2.24) is 4.90 Å². The highest BCUT2D eigenvalue weighted by molar-refractivity contribution is 5.92. The number of aliphatic hydroxyl groups is 1. The number of carboxylic acids is 1. The molecule has 1 heterocycles. The molecule has 96 valence electrons. The number of amides is 1. The topological polar surface area (TPSA) is 77.8 Å². The smallest absolute Gasteiger partial charge is 0.307 e. The van der Waals surface area contributed by atoms with Crippen LogP contribution in [0.25, 0.3) is 0 Å². The Labute approximate surface area is 100 Å². The van der Waals surface area contributed by atoms with Crippen LogP contribution in [0.5, 0.6) is 0 Å². The van der Waals surface area contributed by atoms with E-state index in [9.17, 15) is 14.7 Å². The van der Waals surface area contributed by atoms with Gasteiger partial charge in [0.25, 0.3) is 0 Å². The average molecular weight is 241 g/mol. The number of carboxylic acid groups (broad SMARTS) is 1. The molecule has 0 aromatic heterocycles. The van der Waals surface area contributed by atoms with Gasteiger partial charge in [0.05, 0.1) is 24.5 Å². The van der Waals surface area contributed by atoms with Gasteiger partial charge < -0.3 is 15.1 Å². The number of carbonyl (C=O) groups excluding carboxylic acids is 1. The quantitative estimate of drug-likeness (QED) is 0.746. The van der Waals surface area contributed by atoms with Crippen molar-refractivity contribution >= 4 is 11.9 Å². The van der Waals surface area contributed by atoms with E-state index in [0.29, 0.717) is 6.54 Å². The van der Waals surface area contributed by atoms with Crippen molar-refractivity contribution in [2.24, 2.45) is 17.3 Å². The lowest BCUT2D eigenvalue weighted by molar-refractivity contribution is -0.142. The lowest BCUT2D eigenvalue weighted by Gasteiger charge is -2.23. The number of hydrogen-bond acceptors (Lipinski definition) is 3. The SMILES string of the molecule is CC1(C)C(C(=O)O)C1C(=O)N1CCC[C@H]1CO. The van der Waals surface area contributed by atoms with Gasteiger partial charge in [0.15, 0.2) is 0 Å². The molecule has 1 aliphatic carbocycles. The molecular weight excluding hydrogens is 222 g/mol. The number of aliphatic carboxylic acids is 1. The highest BCUT2D eigenvalue weighted by atomic mass is 16.4. The highest BCUT2D eigenvalue weighted by Crippen LogP contribution is 2.59. The standard InChI is InChI=1S/C12H19NO4/c1-12(2)8(9(12)11(16)17)10(15)13-5-3-4-7(13)6-14/h7-9,14H,3-6H2,1-2H3,(H,16,17)/t7-,8?,9?/m0/s1. The van der Waals surface area contributed by atoms with Gasteiger partial charge in [0.1, 0.15) is 0 Å². The normalized spacial score (nSPS) is 34.8. The van der Waals surface area contributed by atoms with E-state index in [0.717, 1.165) is 12.8 Å². The summed E-state index contributed by atoms with van der Waals surface area (Å²) in [6.07, 6.45) is 1.70. The number of hydrogen-bond donors (Lipinski definition) is 2. The van der Waals surface area contributed by atoms with Gasteiger partial charge in [-0.2, -0.15) is 0 Å². The number of rotatable bonds is 3. The van der Waals surface area contributed by atoms with E-state index in [1.165, 1.54) is 0 Å². The monoisotopic (exact) mass is 241 g/mol. The first-order valence-corrected chi connectivity index (χ1v) is 6.05. The molecule has 3 atom stereocenters. The largest absolute Gasteiger partial charge is 0.481 e. The first-order valence-electron chi connectivity index (χ1n) is 6.05. The second-order valence-electron chi connectivity index (χ2n) is 5.63. The lowest BCUT2D eigenvalue weighted by Crippen LogP contribution is -2.39. The van der Waals surface area contributed by atoms with Crippen LogP contribution in [0.2, 0.25) is 0 Å². The fraction of sp³-hybridized carbons (Fsp3) is 0.833. The third kappa shape index (κ3) is 1.82. The van der Waals surface area contributed by atoms with Crippen molar-refractivity contribution in [1.29, 1.82) is 0 Å². The van der Waals surface area contributed by atoms with Crippen LogP contribution in [0.15, 0.2) is 0 Å². The minimum Gasteiger partial charge on any atom is -0.481 e. The predicted octanol–water partition coefficient (Wildman–Crippen LogP) is 0.326. The van der Waals surface area contributed by atoms with Gasteiger partial charge in [0, 0.05) is 6.54 Å². The van der Waals surface area contributed by atoms with E-state index in [1.807, 2.05) is 13.8 Å². The van der Waals surface area contributed by atoms with Gasteiger partial charge in [0.2, 0.25) is 5.91 Å². The van der Waals surface area contributed by atoms with E-state index >= 15 is 0 Å². The van der Waals surface area contributed by atoms with E-state index < -0.39 is 23.2 Å². The Morgan fingerprint density at radius 3 is 2.47 bits per heavy atom. The molecule has 2 unspecified atom stereocenters. The second kappa shape index (κ2) is 3.98. The molecule has 0 radical (unpaired) electrons. The van der Waals surface area contributed by atoms with Crippen LogP contribution in [0.3, 0.4) is 0 Å². The van der Waals surface area contributed by atoms with Crippen molar-refractivity contribution in [3.05, 3.63) is 0 Å². The van der Waals surface area contributed by atoms with E-state index in [2.05, 4.69) is 0 Å². The highest BCUT2D eigenvalue weighted by Gasteiger charge is 2.67. The number of nitrogens with zero attached hydrogens (tertiary/aromatic N) is 1. The summed E-state index contributed by atoms with van der Waals surface area (Å²) in [6, 6.07) is -0.117. The fourth-order valence-corrected chi connectivity index (χ4v) is 3.05. The van der Waals surface area contributed by atoms with E-state index in [4.69, 9.17) is 5.11 Å². The maximum atomic E-state index is 12.3. The van der Waals surface area contributed by atoms with Crippen molar-refractivity contribution in [3.8, 4) is 0 Å². The Kier molecular flexibility index (Phi) is 2.89. The third-order valence-electron chi connectivity index (χ3n) is 4.23. The Bertz CT molecular complexity index is 352. The van der Waals surface area contributed by atoms with Crippen molar-refractivity contribution in [2.75, 3.05) is 13.2 Å². The zero-order chi connectivity index (χ0) is 12.8. The Morgan fingerprint density at radius 2 is 2.00 bits per heavy atom. The Balaban J connectivity index is 2.09. The molecule has 5 heteroatoms. The number of aliphatic hydroxyl groups excluding tert-OH is 1. The van der Waals surface area contributed by atoms with Crippen molar-refractivity contribution in [2.45, 2.75) is 32.7 Å². The molecule has 1 amide bonds. The first-order chi connectivity index (χ1) is 7.91. The molecule has 5 nitrogen and oxygen atoms in total. The summed E-state index contributed by atoms with van der Waals surface area (Å²) in [5.74, 6) is -1.99. The maximum absolute atomic E-state index is 12.3. The summed E-state index contributed by atoms with van der Waals surface area (Å²) < 4.78 is 0. The van der Waals surface area contributed by atoms with Gasteiger partial charge >= 0.3 is 5.97 Å². The molecule has 2 aliphatic rings. The van der Waals surface area contributed by atoms with Crippen LogP contribution < -0.4 is 0 Å². The lowest BCUT2D eigenvalue weighted by atomic mass is 10.1. The minimum atomic E-state index is -0.895. The predicted molar refractivity (Wildman–Crippen MR) is 60.2 cm³/mol. The molecule has 17 heavy (non-hydrogen) atoms. The summed E-state index contributed by atoms with van der Waals surface area (Å²) in [4.78, 5) is 25.0. The molecular formula is C12H19NO4. The van der Waals surface area contributed by atoms with Crippen LogP contribution >= 0.6 is 0 Å². The maximum Gasteiger partial charge on any atom is 0.307 e. The molecule has 0 bridgehead atoms. The fourth-order valence-electron chi connectivity index (χ4n) is 3.05. The molecule has 0 aromatic rings. The molecule has 0 spiro atoms. The van der Waals surface area contributed by atoms with Gasteiger partial charge in [-0.15, -0.1) is 0 Å². The van der Waals surface area contributed by atoms with E-state index in [1.54, 1.807) is 4.90 Å². The molecule has 0 aromatic carbocycles. The number of carbonyl (C=O) groups is 2. The first kappa shape index (κ1) is 12.4. The van der Waals surface area contributed by atoms with Gasteiger partial charge in [-0.05, 0) is 18.3 Å². The Morgan fingerprint density at radius 1 is 1.35 bits per heavy atom. The minimum absolute atomic E-state index is 0.0311. The van der Waals surface area contributed by atoms with Gasteiger partial charge in [-0.3, -0.25) is 9.59 Å². The van der Waals surface area contributed by atoms with Gasteiger partial charge in [-0.25, -0.2) is 0 Å². The molecule has 2 N–H and O–H groups in total. The summed E-state index contributed by atoms with van der Waals surface area (Å²) in [5.41, 5.74) is -0.453. The molecule has 2 fully saturated rings. The summed E-state index contributed by atoms with van der Waals surface area (Å²) >= 11 is 0. The van der Waals surface area contributed by atoms with Crippen LogP contribution in [0.4, 0.5) is 0 Å². The van der Waals surface area contributed by atoms with E-state index in [-0.39, 0.29) is 18.6 Å². The zero-order valence-electron chi connectivity index (χ0n) is 10.2. The molecule has 1 saturated heterocycles. The summed E-state index contributed by atoms with van der Waals surface area (Å²) in [5, 5.41) is 18.2. The van der Waals surface area contributed by atoms with Crippen molar-refractivity contribution < 1.29 is 19.8 Å². The Hall–Kier alpha value is -1.10. The van der Waals surface area contributed by atoms with Gasteiger partial charge in [-0.1, -0.05) is 13.8 Å². The molecule has 1 aliphatic heterocycles. The van der Waals surface area contributed by atoms with Crippen LogP contribution in [0, 0.1) is 17.3 Å². The summed E-state index contributed by atoms with van der Waals surface area (Å²) in [6.45, 7) is 4.25. The zero-order valence-corrected chi connectivity index (χ0v) is 10.2. The van der Waals surface area contributed by atoms with Crippen LogP contribution in [-0.4, -0.2) is 46.2 Å². The third-order valence-corrected chi connectivity index (χ3v) is 4.23. The average Bonchev–Trinajstić information content (AvgIpc) is 2.63. The van der Waals surface area contributed by atoms with Crippen LogP contribution in [-0.2, 0) is 9.59 Å². The van der Waals surface area contributed by atoms with Crippen molar-refractivity contribution in [3.63, 3.8) is 0 Å². The van der Waals surface area contributed by atoms with Crippen LogP contribution in [0.1, 0.15) is 26.7 Å². The summed E-state index contributed by atoms with van der Waals surface area (Å²) in [7, 11) is 0.